The SMILES string of the molecule is C1=CC(C2(c3ccccc3)c3cc(N(c4ccc(-c5cccc(-c6ccc7c(c6)c6ccccc6n7-c6ccccc6)c5)cc4)C4C=CC(c5ccccc5)=CC4)ccc3C3c4ccccc4C=CC32)=CCC1. The predicted molar refractivity (Wildman–Crippen MR) is 307 cm³/mol. The Hall–Kier alpha value is -8.72. The summed E-state index contributed by atoms with van der Waals surface area (Å²) in [5.74, 6) is 0.447. The van der Waals surface area contributed by atoms with Crippen molar-refractivity contribution in [1.82, 2.24) is 4.57 Å². The minimum Gasteiger partial charge on any atom is -0.334 e. The van der Waals surface area contributed by atoms with Crippen molar-refractivity contribution in [3.8, 4) is 27.9 Å². The van der Waals surface area contributed by atoms with Gasteiger partial charge in [-0.2, -0.15) is 0 Å². The Kier molecular flexibility index (Phi) is 10.5. The summed E-state index contributed by atoms with van der Waals surface area (Å²) >= 11 is 0. The molecular weight excluding hydrogens is 881 g/mol. The zero-order valence-corrected chi connectivity index (χ0v) is 40.7. The topological polar surface area (TPSA) is 8.17 Å². The highest BCUT2D eigenvalue weighted by atomic mass is 15.2. The van der Waals surface area contributed by atoms with Crippen LogP contribution in [-0.4, -0.2) is 10.6 Å². The molecule has 4 aliphatic carbocycles. The second kappa shape index (κ2) is 17.8. The molecule has 1 aromatic heterocycles. The van der Waals surface area contributed by atoms with Crippen molar-refractivity contribution in [3.05, 3.63) is 306 Å². The third-order valence-corrected chi connectivity index (χ3v) is 16.3. The molecule has 0 spiro atoms. The summed E-state index contributed by atoms with van der Waals surface area (Å²) in [6.45, 7) is 0. The van der Waals surface area contributed by atoms with Gasteiger partial charge in [-0.25, -0.2) is 0 Å². The molecular formula is C71H54N2. The number of rotatable bonds is 9. The van der Waals surface area contributed by atoms with E-state index in [1.54, 1.807) is 0 Å². The van der Waals surface area contributed by atoms with Crippen LogP contribution in [0.5, 0.6) is 0 Å². The lowest BCUT2D eigenvalue weighted by atomic mass is 9.61. The summed E-state index contributed by atoms with van der Waals surface area (Å²) in [5, 5.41) is 2.52. The van der Waals surface area contributed by atoms with E-state index in [0.717, 1.165) is 19.3 Å². The van der Waals surface area contributed by atoms with Gasteiger partial charge in [0.1, 0.15) is 0 Å². The van der Waals surface area contributed by atoms with Gasteiger partial charge in [0.25, 0.3) is 0 Å². The molecule has 0 bridgehead atoms. The van der Waals surface area contributed by atoms with Crippen molar-refractivity contribution in [2.75, 3.05) is 4.90 Å². The van der Waals surface area contributed by atoms with Gasteiger partial charge in [0.05, 0.1) is 22.5 Å². The average molecular weight is 935 g/mol. The molecule has 0 aliphatic heterocycles. The van der Waals surface area contributed by atoms with Crippen LogP contribution in [0.1, 0.15) is 58.6 Å². The number of benzene rings is 9. The number of hydrogen-bond acceptors (Lipinski definition) is 1. The van der Waals surface area contributed by atoms with E-state index in [1.807, 2.05) is 0 Å². The Morgan fingerprint density at radius 2 is 1.14 bits per heavy atom. The van der Waals surface area contributed by atoms with Crippen LogP contribution in [0.2, 0.25) is 0 Å². The van der Waals surface area contributed by atoms with Gasteiger partial charge in [-0.1, -0.05) is 212 Å². The van der Waals surface area contributed by atoms with Crippen molar-refractivity contribution < 1.29 is 0 Å². The Bertz CT molecular complexity index is 3890. The lowest BCUT2D eigenvalue weighted by molar-refractivity contribution is 0.448. The standard InChI is InChI=1S/C71H54N2/c1-5-18-49(19-6-1)50-32-38-59(39-33-50)72(61-42-43-64-67(48-61)71(56-23-7-2-8-24-56,57-25-9-3-10-26-57)66-44-36-52-20-13-14-29-62(52)70(64)66)60-40-34-51(35-41-60)53-21-17-22-54(46-53)55-37-45-69-65(47-55)63-30-15-16-31-68(63)73(69)58-27-11-4-12-28-58/h1-2,4-9,11-38,40-48,59,66,70H,3,10,39H2. The molecule has 4 atom stereocenters. The van der Waals surface area contributed by atoms with Crippen LogP contribution in [-0.2, 0) is 5.41 Å². The van der Waals surface area contributed by atoms with Gasteiger partial charge >= 0.3 is 0 Å². The first kappa shape index (κ1) is 43.1. The molecule has 348 valence electrons. The van der Waals surface area contributed by atoms with E-state index in [9.17, 15) is 0 Å². The van der Waals surface area contributed by atoms with Crippen LogP contribution in [0.4, 0.5) is 11.4 Å². The van der Waals surface area contributed by atoms with Gasteiger partial charge in [0.15, 0.2) is 0 Å². The Labute approximate surface area is 428 Å². The first-order chi connectivity index (χ1) is 36.2. The van der Waals surface area contributed by atoms with Gasteiger partial charge < -0.3 is 9.47 Å². The van der Waals surface area contributed by atoms with E-state index in [4.69, 9.17) is 0 Å². The molecule has 0 saturated carbocycles. The Morgan fingerprint density at radius 3 is 1.93 bits per heavy atom. The Balaban J connectivity index is 0.877. The van der Waals surface area contributed by atoms with Crippen LogP contribution < -0.4 is 4.90 Å². The number of aromatic nitrogens is 1. The molecule has 14 rings (SSSR count). The molecule has 0 radical (unpaired) electrons. The largest absolute Gasteiger partial charge is 0.334 e. The third kappa shape index (κ3) is 7.15. The monoisotopic (exact) mass is 934 g/mol. The highest BCUT2D eigenvalue weighted by Crippen LogP contribution is 2.63. The molecule has 4 aliphatic rings. The van der Waals surface area contributed by atoms with Gasteiger partial charge in [0.2, 0.25) is 0 Å². The molecule has 2 heteroatoms. The Morgan fingerprint density at radius 1 is 0.452 bits per heavy atom. The van der Waals surface area contributed by atoms with Gasteiger partial charge in [0, 0.05) is 39.7 Å². The first-order valence-electron chi connectivity index (χ1n) is 26.1. The van der Waals surface area contributed by atoms with Crippen molar-refractivity contribution >= 4 is 44.8 Å². The van der Waals surface area contributed by atoms with Crippen LogP contribution >= 0.6 is 0 Å². The molecule has 4 unspecified atom stereocenters. The normalized spacial score (nSPS) is 19.5. The average Bonchev–Trinajstić information content (AvgIpc) is 3.97. The smallest absolute Gasteiger partial charge is 0.0560 e. The maximum atomic E-state index is 2.60. The molecule has 2 nitrogen and oxygen atoms in total. The fourth-order valence-electron chi connectivity index (χ4n) is 13.0. The molecule has 9 aromatic carbocycles. The second-order valence-corrected chi connectivity index (χ2v) is 20.2. The van der Waals surface area contributed by atoms with Crippen LogP contribution in [0, 0.1) is 5.92 Å². The predicted octanol–water partition coefficient (Wildman–Crippen LogP) is 18.0. The van der Waals surface area contributed by atoms with Gasteiger partial charge in [-0.3, -0.25) is 0 Å². The molecule has 0 fully saturated rings. The summed E-state index contributed by atoms with van der Waals surface area (Å²) in [6.07, 6.45) is 22.5. The fourth-order valence-corrected chi connectivity index (χ4v) is 13.0. The molecule has 1 heterocycles. The summed E-state index contributed by atoms with van der Waals surface area (Å²) < 4.78 is 2.38. The number of fused-ring (bicyclic) bond motifs is 8. The van der Waals surface area contributed by atoms with E-state index in [1.165, 1.54) is 106 Å². The summed E-state index contributed by atoms with van der Waals surface area (Å²) in [4.78, 5) is 2.60. The lowest BCUT2D eigenvalue weighted by Crippen LogP contribution is -2.37. The zero-order chi connectivity index (χ0) is 48.3. The van der Waals surface area contributed by atoms with Crippen LogP contribution in [0.15, 0.2) is 273 Å². The highest BCUT2D eigenvalue weighted by Gasteiger charge is 2.55. The van der Waals surface area contributed by atoms with E-state index in [-0.39, 0.29) is 23.3 Å². The van der Waals surface area contributed by atoms with E-state index in [2.05, 4.69) is 283 Å². The number of anilines is 2. The maximum absolute atomic E-state index is 2.60. The molecule has 0 N–H and O–H groups in total. The fraction of sp³-hybridized carbons (Fsp3) is 0.0986. The molecule has 73 heavy (non-hydrogen) atoms. The summed E-state index contributed by atoms with van der Waals surface area (Å²) in [7, 11) is 0. The maximum Gasteiger partial charge on any atom is 0.0560 e. The highest BCUT2D eigenvalue weighted by molar-refractivity contribution is 6.10. The number of hydrogen-bond donors (Lipinski definition) is 0. The van der Waals surface area contributed by atoms with Crippen LogP contribution in [0.3, 0.4) is 0 Å². The van der Waals surface area contributed by atoms with Gasteiger partial charge in [-0.05, 0) is 147 Å². The number of nitrogens with zero attached hydrogens (tertiary/aromatic N) is 2. The number of allylic oxidation sites excluding steroid dienone is 7. The number of para-hydroxylation sites is 2. The molecule has 0 amide bonds. The van der Waals surface area contributed by atoms with E-state index >= 15 is 0 Å². The third-order valence-electron chi connectivity index (χ3n) is 16.3. The summed E-state index contributed by atoms with van der Waals surface area (Å²) in [6, 6.07) is 83.7. The van der Waals surface area contributed by atoms with Crippen molar-refractivity contribution in [1.29, 1.82) is 0 Å². The minimum absolute atomic E-state index is 0.103. The molecule has 10 aromatic rings. The van der Waals surface area contributed by atoms with Crippen LogP contribution in [0.25, 0.3) is 61.4 Å². The van der Waals surface area contributed by atoms with Crippen molar-refractivity contribution in [2.24, 2.45) is 5.92 Å². The quantitative estimate of drug-likeness (QED) is 0.140. The van der Waals surface area contributed by atoms with Gasteiger partial charge in [-0.15, -0.1) is 0 Å². The van der Waals surface area contributed by atoms with E-state index < -0.39 is 0 Å². The lowest BCUT2D eigenvalue weighted by Gasteiger charge is -2.41. The summed E-state index contributed by atoms with van der Waals surface area (Å²) in [5.41, 5.74) is 21.3. The second-order valence-electron chi connectivity index (χ2n) is 20.2. The first-order valence-corrected chi connectivity index (χ1v) is 26.1. The van der Waals surface area contributed by atoms with Crippen molar-refractivity contribution in [3.63, 3.8) is 0 Å². The molecule has 0 saturated heterocycles. The van der Waals surface area contributed by atoms with Crippen molar-refractivity contribution in [2.45, 2.75) is 36.6 Å². The minimum atomic E-state index is -0.370. The van der Waals surface area contributed by atoms with E-state index in [0.29, 0.717) is 0 Å². The zero-order valence-electron chi connectivity index (χ0n) is 40.7.